The molecule has 1 heterocycles. The molecule has 0 bridgehead atoms. The summed E-state index contributed by atoms with van der Waals surface area (Å²) < 4.78 is 5.69. The third kappa shape index (κ3) is 4.15. The molecule has 4 rings (SSSR count). The van der Waals surface area contributed by atoms with Crippen LogP contribution in [0.5, 0.6) is 5.75 Å². The number of nitrogens with one attached hydrogen (secondary N) is 1. The van der Waals surface area contributed by atoms with Gasteiger partial charge in [0.1, 0.15) is 5.75 Å². The highest BCUT2D eigenvalue weighted by atomic mass is 16.5. The van der Waals surface area contributed by atoms with Crippen molar-refractivity contribution in [3.05, 3.63) is 71.8 Å². The molecule has 2 amide bonds. The van der Waals surface area contributed by atoms with Gasteiger partial charge in [-0.05, 0) is 55.5 Å². The number of benzene rings is 3. The summed E-state index contributed by atoms with van der Waals surface area (Å²) in [5.74, 6) is 0.801. The Morgan fingerprint density at radius 3 is 2.63 bits per heavy atom. The molecule has 0 saturated carbocycles. The summed E-state index contributed by atoms with van der Waals surface area (Å²) >= 11 is 0. The Balaban J connectivity index is 1.30. The van der Waals surface area contributed by atoms with Gasteiger partial charge in [-0.25, -0.2) is 0 Å². The molecule has 1 aliphatic rings. The van der Waals surface area contributed by atoms with E-state index in [4.69, 9.17) is 4.74 Å². The molecule has 3 aromatic carbocycles. The zero-order chi connectivity index (χ0) is 21.1. The Hall–Kier alpha value is -3.34. The first kappa shape index (κ1) is 20.0. The van der Waals surface area contributed by atoms with E-state index in [9.17, 15) is 9.59 Å². The van der Waals surface area contributed by atoms with Gasteiger partial charge in [0.05, 0.1) is 11.8 Å². The largest absolute Gasteiger partial charge is 0.491 e. The van der Waals surface area contributed by atoms with Crippen LogP contribution in [0.15, 0.2) is 60.7 Å². The maximum atomic E-state index is 12.8. The van der Waals surface area contributed by atoms with E-state index in [-0.39, 0.29) is 17.9 Å². The second-order valence-corrected chi connectivity index (χ2v) is 7.83. The first-order valence-electron chi connectivity index (χ1n) is 10.4. The smallest absolute Gasteiger partial charge is 0.258 e. The van der Waals surface area contributed by atoms with Crippen molar-refractivity contribution in [2.75, 3.05) is 11.4 Å². The molecule has 0 aliphatic carbocycles. The second kappa shape index (κ2) is 8.57. The van der Waals surface area contributed by atoms with Crippen LogP contribution in [-0.2, 0) is 11.3 Å². The number of ether oxygens (including phenoxy) is 1. The highest BCUT2D eigenvalue weighted by Crippen LogP contribution is 2.37. The van der Waals surface area contributed by atoms with Gasteiger partial charge in [-0.3, -0.25) is 9.59 Å². The van der Waals surface area contributed by atoms with Crippen molar-refractivity contribution in [3.8, 4) is 5.75 Å². The number of rotatable bonds is 8. The Morgan fingerprint density at radius 1 is 1.07 bits per heavy atom. The highest BCUT2D eigenvalue weighted by Gasteiger charge is 2.28. The number of carbonyl (C=O) groups excluding carboxylic acids is 2. The SMILES string of the molecule is CC(C)Oc1cccc(CNC(=O)CCCN2C(=O)c3cccc4cccc2c34)c1. The van der Waals surface area contributed by atoms with Gasteiger partial charge in [0.15, 0.2) is 0 Å². The standard InChI is InChI=1S/C25H26N2O3/c1-17(2)30-20-10-3-7-18(15-20)16-26-23(28)13-6-14-27-22-12-5-9-19-8-4-11-21(24(19)22)25(27)29/h3-5,7-12,15,17H,6,13-14,16H2,1-2H3,(H,26,28). The molecular weight excluding hydrogens is 376 g/mol. The van der Waals surface area contributed by atoms with Crippen LogP contribution in [0.2, 0.25) is 0 Å². The quantitative estimate of drug-likeness (QED) is 0.595. The number of hydrogen-bond donors (Lipinski definition) is 1. The highest BCUT2D eigenvalue weighted by molar-refractivity contribution is 6.25. The Morgan fingerprint density at radius 2 is 1.83 bits per heavy atom. The van der Waals surface area contributed by atoms with Crippen molar-refractivity contribution in [2.45, 2.75) is 39.3 Å². The molecule has 0 radical (unpaired) electrons. The molecule has 1 N–H and O–H groups in total. The van der Waals surface area contributed by atoms with Gasteiger partial charge >= 0.3 is 0 Å². The van der Waals surface area contributed by atoms with Gasteiger partial charge in [0, 0.05) is 30.5 Å². The van der Waals surface area contributed by atoms with E-state index in [0.29, 0.717) is 25.9 Å². The minimum atomic E-state index is -0.0208. The lowest BCUT2D eigenvalue weighted by Gasteiger charge is -2.17. The molecule has 3 aromatic rings. The Labute approximate surface area is 176 Å². The lowest BCUT2D eigenvalue weighted by atomic mass is 10.1. The molecule has 0 aromatic heterocycles. The number of anilines is 1. The van der Waals surface area contributed by atoms with Gasteiger partial charge in [-0.2, -0.15) is 0 Å². The van der Waals surface area contributed by atoms with Gasteiger partial charge in [0.2, 0.25) is 5.91 Å². The summed E-state index contributed by atoms with van der Waals surface area (Å²) in [7, 11) is 0. The molecule has 0 fully saturated rings. The van der Waals surface area contributed by atoms with Crippen molar-refractivity contribution >= 4 is 28.3 Å². The molecule has 0 atom stereocenters. The first-order chi connectivity index (χ1) is 14.5. The third-order valence-corrected chi connectivity index (χ3v) is 5.19. The second-order valence-electron chi connectivity index (χ2n) is 7.83. The summed E-state index contributed by atoms with van der Waals surface area (Å²) in [5.41, 5.74) is 2.69. The molecular formula is C25H26N2O3. The first-order valence-corrected chi connectivity index (χ1v) is 10.4. The maximum Gasteiger partial charge on any atom is 0.258 e. The van der Waals surface area contributed by atoms with E-state index in [1.54, 1.807) is 4.90 Å². The van der Waals surface area contributed by atoms with Gasteiger partial charge in [0.25, 0.3) is 5.91 Å². The monoisotopic (exact) mass is 402 g/mol. The molecule has 30 heavy (non-hydrogen) atoms. The van der Waals surface area contributed by atoms with Crippen molar-refractivity contribution in [3.63, 3.8) is 0 Å². The average Bonchev–Trinajstić information content (AvgIpc) is 3.00. The van der Waals surface area contributed by atoms with E-state index in [1.807, 2.05) is 74.5 Å². The van der Waals surface area contributed by atoms with Crippen molar-refractivity contribution in [1.82, 2.24) is 5.32 Å². The van der Waals surface area contributed by atoms with Crippen LogP contribution < -0.4 is 15.0 Å². The number of amides is 2. The van der Waals surface area contributed by atoms with E-state index >= 15 is 0 Å². The van der Waals surface area contributed by atoms with Crippen molar-refractivity contribution < 1.29 is 14.3 Å². The fourth-order valence-electron chi connectivity index (χ4n) is 3.89. The average molecular weight is 402 g/mol. The van der Waals surface area contributed by atoms with Gasteiger partial charge < -0.3 is 15.0 Å². The summed E-state index contributed by atoms with van der Waals surface area (Å²) in [6, 6.07) is 19.5. The number of nitrogens with zero attached hydrogens (tertiary/aromatic N) is 1. The minimum Gasteiger partial charge on any atom is -0.491 e. The van der Waals surface area contributed by atoms with Crippen LogP contribution in [-0.4, -0.2) is 24.5 Å². The topological polar surface area (TPSA) is 58.6 Å². The maximum absolute atomic E-state index is 12.8. The fourth-order valence-corrected chi connectivity index (χ4v) is 3.89. The summed E-state index contributed by atoms with van der Waals surface area (Å²) in [5, 5.41) is 5.04. The Kier molecular flexibility index (Phi) is 5.70. The summed E-state index contributed by atoms with van der Waals surface area (Å²) in [6.45, 7) is 4.95. The predicted octanol–water partition coefficient (Wildman–Crippen LogP) is 4.68. The minimum absolute atomic E-state index is 0.0178. The van der Waals surface area contributed by atoms with Crippen LogP contribution in [0.3, 0.4) is 0 Å². The molecule has 0 saturated heterocycles. The van der Waals surface area contributed by atoms with E-state index in [2.05, 4.69) is 5.32 Å². The van der Waals surface area contributed by atoms with Crippen LogP contribution in [0, 0.1) is 0 Å². The van der Waals surface area contributed by atoms with Crippen LogP contribution >= 0.6 is 0 Å². The molecule has 5 heteroatoms. The normalized spacial score (nSPS) is 12.6. The van der Waals surface area contributed by atoms with Gasteiger partial charge in [-0.1, -0.05) is 36.4 Å². The zero-order valence-corrected chi connectivity index (χ0v) is 17.4. The van der Waals surface area contributed by atoms with Crippen molar-refractivity contribution in [1.29, 1.82) is 0 Å². The van der Waals surface area contributed by atoms with E-state index in [1.165, 1.54) is 0 Å². The molecule has 5 nitrogen and oxygen atoms in total. The summed E-state index contributed by atoms with van der Waals surface area (Å²) in [4.78, 5) is 26.9. The van der Waals surface area contributed by atoms with Crippen LogP contribution in [0.25, 0.3) is 10.8 Å². The van der Waals surface area contributed by atoms with Crippen LogP contribution in [0.1, 0.15) is 42.6 Å². The predicted molar refractivity (Wildman–Crippen MR) is 119 cm³/mol. The molecule has 0 unspecified atom stereocenters. The van der Waals surface area contributed by atoms with E-state index < -0.39 is 0 Å². The lowest BCUT2D eigenvalue weighted by Crippen LogP contribution is -2.29. The van der Waals surface area contributed by atoms with Crippen LogP contribution in [0.4, 0.5) is 5.69 Å². The van der Waals surface area contributed by atoms with E-state index in [0.717, 1.165) is 33.3 Å². The Bertz CT molecular complexity index is 1090. The third-order valence-electron chi connectivity index (χ3n) is 5.19. The number of hydrogen-bond acceptors (Lipinski definition) is 3. The molecule has 1 aliphatic heterocycles. The number of carbonyl (C=O) groups is 2. The zero-order valence-electron chi connectivity index (χ0n) is 17.4. The molecule has 0 spiro atoms. The van der Waals surface area contributed by atoms with Gasteiger partial charge in [-0.15, -0.1) is 0 Å². The lowest BCUT2D eigenvalue weighted by molar-refractivity contribution is -0.121. The fraction of sp³-hybridized carbons (Fsp3) is 0.280. The van der Waals surface area contributed by atoms with Crippen molar-refractivity contribution in [2.24, 2.45) is 0 Å². The summed E-state index contributed by atoms with van der Waals surface area (Å²) in [6.07, 6.45) is 1.09. The molecule has 154 valence electrons.